The smallest absolute Gasteiger partial charge is 0.328 e. The molecule has 3 rings (SSSR count). The lowest BCUT2D eigenvalue weighted by Gasteiger charge is -2.43. The molecule has 0 saturated carbocycles. The van der Waals surface area contributed by atoms with Crippen molar-refractivity contribution in [1.29, 1.82) is 0 Å². The summed E-state index contributed by atoms with van der Waals surface area (Å²) in [4.78, 5) is 30.4. The van der Waals surface area contributed by atoms with Crippen molar-refractivity contribution in [3.05, 3.63) is 29.8 Å². The first kappa shape index (κ1) is 17.7. The summed E-state index contributed by atoms with van der Waals surface area (Å²) in [6, 6.07) is 6.28. The van der Waals surface area contributed by atoms with Gasteiger partial charge in [-0.1, -0.05) is 0 Å². The number of anilines is 1. The van der Waals surface area contributed by atoms with E-state index in [0.29, 0.717) is 18.4 Å². The van der Waals surface area contributed by atoms with E-state index in [4.69, 9.17) is 4.74 Å². The normalized spacial score (nSPS) is 23.0. The van der Waals surface area contributed by atoms with Gasteiger partial charge < -0.3 is 19.6 Å². The third-order valence-electron chi connectivity index (χ3n) is 5.16. The molecule has 1 spiro atoms. The van der Waals surface area contributed by atoms with Crippen LogP contribution in [0.4, 0.5) is 5.69 Å². The number of rotatable bonds is 3. The molecule has 7 nitrogen and oxygen atoms in total. The number of piperidine rings is 1. The van der Waals surface area contributed by atoms with Gasteiger partial charge in [0.15, 0.2) is 6.04 Å². The highest BCUT2D eigenvalue weighted by atomic mass is 16.5. The summed E-state index contributed by atoms with van der Waals surface area (Å²) in [5.74, 6) is -1.30. The Balaban J connectivity index is 1.91. The number of benzene rings is 1. The van der Waals surface area contributed by atoms with E-state index >= 15 is 0 Å². The molecule has 2 aliphatic rings. The van der Waals surface area contributed by atoms with Gasteiger partial charge in [-0.2, -0.15) is 0 Å². The molecule has 2 aliphatic heterocycles. The van der Waals surface area contributed by atoms with E-state index in [2.05, 4.69) is 4.90 Å². The number of ether oxygens (including phenoxy) is 1. The van der Waals surface area contributed by atoms with Gasteiger partial charge in [-0.15, -0.1) is 0 Å². The number of carbonyl (C=O) groups excluding carboxylic acids is 1. The van der Waals surface area contributed by atoms with E-state index < -0.39 is 17.7 Å². The second kappa shape index (κ2) is 6.65. The van der Waals surface area contributed by atoms with E-state index in [0.717, 1.165) is 18.8 Å². The molecule has 1 aromatic carbocycles. The van der Waals surface area contributed by atoms with Crippen molar-refractivity contribution < 1.29 is 19.4 Å². The molecule has 1 N–H and O–H groups in total. The van der Waals surface area contributed by atoms with Gasteiger partial charge in [0.05, 0.1) is 6.61 Å². The monoisotopic (exact) mass is 347 g/mol. The van der Waals surface area contributed by atoms with Gasteiger partial charge in [0.25, 0.3) is 5.91 Å². The van der Waals surface area contributed by atoms with E-state index in [1.54, 1.807) is 12.1 Å². The van der Waals surface area contributed by atoms with Crippen molar-refractivity contribution in [3.63, 3.8) is 0 Å². The summed E-state index contributed by atoms with van der Waals surface area (Å²) in [6.45, 7) is 1.59. The molecule has 0 aromatic heterocycles. The first-order valence-corrected chi connectivity index (χ1v) is 8.50. The summed E-state index contributed by atoms with van der Waals surface area (Å²) in [6.07, 6.45) is 1.24. The van der Waals surface area contributed by atoms with Crippen molar-refractivity contribution in [2.45, 2.75) is 24.6 Å². The van der Waals surface area contributed by atoms with Gasteiger partial charge >= 0.3 is 5.97 Å². The Kier molecular flexibility index (Phi) is 4.71. The Hall–Kier alpha value is -2.12. The van der Waals surface area contributed by atoms with Crippen LogP contribution in [-0.2, 0) is 9.53 Å². The van der Waals surface area contributed by atoms with Crippen LogP contribution in [0.3, 0.4) is 0 Å². The molecule has 25 heavy (non-hydrogen) atoms. The van der Waals surface area contributed by atoms with Crippen LogP contribution in [0.5, 0.6) is 0 Å². The van der Waals surface area contributed by atoms with Crippen molar-refractivity contribution in [3.8, 4) is 0 Å². The Bertz CT molecular complexity index is 651. The Labute approximate surface area is 147 Å². The molecule has 7 heteroatoms. The molecule has 0 bridgehead atoms. The molecular formula is C18H25N3O4. The Morgan fingerprint density at radius 2 is 1.80 bits per heavy atom. The van der Waals surface area contributed by atoms with Crippen molar-refractivity contribution in [2.75, 3.05) is 45.7 Å². The molecule has 2 fully saturated rings. The minimum Gasteiger partial charge on any atom is -0.480 e. The van der Waals surface area contributed by atoms with E-state index in [1.807, 2.05) is 38.2 Å². The SMILES string of the molecule is CN1CCC2(CC1)OC[C@H](C(=O)O)N2C(=O)c1ccc(N(C)C)cc1. The number of amides is 1. The van der Waals surface area contributed by atoms with Crippen LogP contribution in [0, 0.1) is 0 Å². The van der Waals surface area contributed by atoms with Crippen LogP contribution in [0.2, 0.25) is 0 Å². The average molecular weight is 347 g/mol. The fourth-order valence-electron chi connectivity index (χ4n) is 3.56. The number of nitrogens with zero attached hydrogens (tertiary/aromatic N) is 3. The van der Waals surface area contributed by atoms with E-state index in [9.17, 15) is 14.7 Å². The maximum atomic E-state index is 13.2. The zero-order valence-electron chi connectivity index (χ0n) is 14.9. The highest BCUT2D eigenvalue weighted by Crippen LogP contribution is 2.38. The van der Waals surface area contributed by atoms with E-state index in [1.165, 1.54) is 4.90 Å². The minimum absolute atomic E-state index is 0.0422. The number of likely N-dealkylation sites (tertiary alicyclic amines) is 1. The quantitative estimate of drug-likeness (QED) is 0.883. The summed E-state index contributed by atoms with van der Waals surface area (Å²) in [5.41, 5.74) is 0.658. The number of carboxylic acids is 1. The summed E-state index contributed by atoms with van der Waals surface area (Å²) in [5, 5.41) is 9.57. The second-order valence-corrected chi connectivity index (χ2v) is 7.03. The Morgan fingerprint density at radius 1 is 1.20 bits per heavy atom. The molecule has 0 aliphatic carbocycles. The fraction of sp³-hybridized carbons (Fsp3) is 0.556. The van der Waals surface area contributed by atoms with Gasteiger partial charge in [-0.25, -0.2) is 4.79 Å². The van der Waals surface area contributed by atoms with Crippen LogP contribution in [0.25, 0.3) is 0 Å². The number of aliphatic carboxylic acids is 1. The molecule has 2 heterocycles. The Morgan fingerprint density at radius 3 is 2.32 bits per heavy atom. The maximum Gasteiger partial charge on any atom is 0.328 e. The molecule has 0 radical (unpaired) electrons. The number of carbonyl (C=O) groups is 2. The predicted molar refractivity (Wildman–Crippen MR) is 93.8 cm³/mol. The third-order valence-corrected chi connectivity index (χ3v) is 5.16. The van der Waals surface area contributed by atoms with Crippen LogP contribution in [0.15, 0.2) is 24.3 Å². The summed E-state index contributed by atoms with van der Waals surface area (Å²) >= 11 is 0. The number of hydrogen-bond acceptors (Lipinski definition) is 5. The third kappa shape index (κ3) is 3.21. The number of hydrogen-bond donors (Lipinski definition) is 1. The van der Waals surface area contributed by atoms with Crippen molar-refractivity contribution in [1.82, 2.24) is 9.80 Å². The predicted octanol–water partition coefficient (Wildman–Crippen LogP) is 1.10. The lowest BCUT2D eigenvalue weighted by molar-refractivity contribution is -0.143. The molecule has 136 valence electrons. The highest BCUT2D eigenvalue weighted by molar-refractivity contribution is 5.97. The van der Waals surface area contributed by atoms with Gasteiger partial charge in [-0.3, -0.25) is 9.69 Å². The summed E-state index contributed by atoms with van der Waals surface area (Å²) in [7, 11) is 5.88. The standard InChI is InChI=1S/C18H25N3O4/c1-19(2)14-6-4-13(5-7-14)16(22)21-15(17(23)24)12-25-18(21)8-10-20(3)11-9-18/h4-7,15H,8-12H2,1-3H3,(H,23,24)/t15-/m1/s1. The molecular weight excluding hydrogens is 322 g/mol. The summed E-state index contributed by atoms with van der Waals surface area (Å²) < 4.78 is 5.91. The molecule has 1 atom stereocenters. The lowest BCUT2D eigenvalue weighted by Crippen LogP contribution is -2.57. The zero-order valence-corrected chi connectivity index (χ0v) is 14.9. The van der Waals surface area contributed by atoms with Crippen LogP contribution in [-0.4, -0.2) is 79.4 Å². The minimum atomic E-state index is -1.02. The van der Waals surface area contributed by atoms with Gasteiger partial charge in [0.1, 0.15) is 5.72 Å². The van der Waals surface area contributed by atoms with Crippen LogP contribution < -0.4 is 4.90 Å². The van der Waals surface area contributed by atoms with Crippen LogP contribution in [0.1, 0.15) is 23.2 Å². The van der Waals surface area contributed by atoms with Gasteiger partial charge in [0.2, 0.25) is 0 Å². The lowest BCUT2D eigenvalue weighted by atomic mass is 9.97. The topological polar surface area (TPSA) is 73.3 Å². The number of carboxylic acid groups (broad SMARTS) is 1. The van der Waals surface area contributed by atoms with Gasteiger partial charge in [-0.05, 0) is 31.3 Å². The van der Waals surface area contributed by atoms with Crippen molar-refractivity contribution in [2.24, 2.45) is 0 Å². The average Bonchev–Trinajstić information content (AvgIpc) is 2.96. The first-order chi connectivity index (χ1) is 11.8. The second-order valence-electron chi connectivity index (χ2n) is 7.03. The van der Waals surface area contributed by atoms with Gasteiger partial charge in [0, 0.05) is 51.3 Å². The van der Waals surface area contributed by atoms with Crippen molar-refractivity contribution >= 4 is 17.6 Å². The highest BCUT2D eigenvalue weighted by Gasteiger charge is 2.53. The van der Waals surface area contributed by atoms with E-state index in [-0.39, 0.29) is 12.5 Å². The fourth-order valence-corrected chi connectivity index (χ4v) is 3.56. The van der Waals surface area contributed by atoms with Crippen LogP contribution >= 0.6 is 0 Å². The molecule has 1 aromatic rings. The molecule has 0 unspecified atom stereocenters. The molecule has 1 amide bonds. The first-order valence-electron chi connectivity index (χ1n) is 8.50. The largest absolute Gasteiger partial charge is 0.480 e. The maximum absolute atomic E-state index is 13.2. The zero-order chi connectivity index (χ0) is 18.2. The molecule has 2 saturated heterocycles.